The van der Waals surface area contributed by atoms with Crippen LogP contribution in [0.5, 0.6) is 5.75 Å². The SMILES string of the molecule is COc1ccccc1C(CNC(=O)C=Cc1ccsc1)OC. The quantitative estimate of drug-likeness (QED) is 0.797. The van der Waals surface area contributed by atoms with Gasteiger partial charge in [0.1, 0.15) is 11.9 Å². The highest BCUT2D eigenvalue weighted by Gasteiger charge is 2.15. The number of rotatable bonds is 7. The van der Waals surface area contributed by atoms with Gasteiger partial charge in [0.15, 0.2) is 0 Å². The van der Waals surface area contributed by atoms with Crippen LogP contribution in [0.25, 0.3) is 6.08 Å². The van der Waals surface area contributed by atoms with Crippen molar-refractivity contribution in [3.05, 3.63) is 58.3 Å². The summed E-state index contributed by atoms with van der Waals surface area (Å²) in [7, 11) is 3.23. The molecule has 116 valence electrons. The van der Waals surface area contributed by atoms with E-state index in [4.69, 9.17) is 9.47 Å². The minimum absolute atomic E-state index is 0.150. The monoisotopic (exact) mass is 317 g/mol. The van der Waals surface area contributed by atoms with E-state index in [1.807, 2.05) is 41.1 Å². The number of para-hydroxylation sites is 1. The van der Waals surface area contributed by atoms with E-state index >= 15 is 0 Å². The van der Waals surface area contributed by atoms with E-state index in [0.717, 1.165) is 16.9 Å². The van der Waals surface area contributed by atoms with Crippen molar-refractivity contribution >= 4 is 23.3 Å². The highest BCUT2D eigenvalue weighted by Crippen LogP contribution is 2.26. The maximum Gasteiger partial charge on any atom is 0.244 e. The predicted molar refractivity (Wildman–Crippen MR) is 89.1 cm³/mol. The summed E-state index contributed by atoms with van der Waals surface area (Å²) in [6, 6.07) is 9.58. The third-order valence-electron chi connectivity index (χ3n) is 3.20. The summed E-state index contributed by atoms with van der Waals surface area (Å²) in [5, 5.41) is 6.80. The molecule has 0 aliphatic carbocycles. The molecule has 0 bridgehead atoms. The summed E-state index contributed by atoms with van der Waals surface area (Å²) in [5.74, 6) is 0.598. The van der Waals surface area contributed by atoms with E-state index < -0.39 is 0 Å². The number of amides is 1. The van der Waals surface area contributed by atoms with Crippen LogP contribution < -0.4 is 10.1 Å². The molecule has 2 rings (SSSR count). The predicted octanol–water partition coefficient (Wildman–Crippen LogP) is 3.27. The van der Waals surface area contributed by atoms with Crippen molar-refractivity contribution in [3.8, 4) is 5.75 Å². The molecule has 1 aromatic heterocycles. The van der Waals surface area contributed by atoms with Gasteiger partial charge in [-0.2, -0.15) is 11.3 Å². The van der Waals surface area contributed by atoms with Crippen LogP contribution >= 0.6 is 11.3 Å². The summed E-state index contributed by atoms with van der Waals surface area (Å²) >= 11 is 1.60. The summed E-state index contributed by atoms with van der Waals surface area (Å²) in [6.07, 6.45) is 3.06. The van der Waals surface area contributed by atoms with E-state index in [1.165, 1.54) is 6.08 Å². The molecule has 2 aromatic rings. The molecule has 5 heteroatoms. The molecule has 4 nitrogen and oxygen atoms in total. The van der Waals surface area contributed by atoms with Crippen LogP contribution in [0, 0.1) is 0 Å². The largest absolute Gasteiger partial charge is 0.496 e. The fourth-order valence-electron chi connectivity index (χ4n) is 2.05. The molecular formula is C17H19NO3S. The van der Waals surface area contributed by atoms with Gasteiger partial charge in [-0.3, -0.25) is 4.79 Å². The lowest BCUT2D eigenvalue weighted by atomic mass is 10.1. The van der Waals surface area contributed by atoms with Crippen LogP contribution in [0.1, 0.15) is 17.2 Å². The maximum atomic E-state index is 11.9. The number of benzene rings is 1. The molecule has 1 amide bonds. The summed E-state index contributed by atoms with van der Waals surface area (Å²) in [4.78, 5) is 11.9. The second-order valence-corrected chi connectivity index (χ2v) is 5.38. The topological polar surface area (TPSA) is 47.6 Å². The highest BCUT2D eigenvalue weighted by atomic mass is 32.1. The molecule has 0 radical (unpaired) electrons. The average Bonchev–Trinajstić information content (AvgIpc) is 3.07. The third-order valence-corrected chi connectivity index (χ3v) is 3.90. The van der Waals surface area contributed by atoms with Gasteiger partial charge in [0.05, 0.1) is 7.11 Å². The number of hydrogen-bond acceptors (Lipinski definition) is 4. The Hall–Kier alpha value is -2.11. The van der Waals surface area contributed by atoms with Crippen LogP contribution in [0.2, 0.25) is 0 Å². The number of methoxy groups -OCH3 is 2. The average molecular weight is 317 g/mol. The minimum atomic E-state index is -0.255. The standard InChI is InChI=1S/C17H19NO3S/c1-20-15-6-4-3-5-14(15)16(21-2)11-18-17(19)8-7-13-9-10-22-12-13/h3-10,12,16H,11H2,1-2H3,(H,18,19). The van der Waals surface area contributed by atoms with Gasteiger partial charge >= 0.3 is 0 Å². The molecule has 0 fully saturated rings. The lowest BCUT2D eigenvalue weighted by Gasteiger charge is -2.18. The first-order chi connectivity index (χ1) is 10.7. The summed E-state index contributed by atoms with van der Waals surface area (Å²) in [5.41, 5.74) is 1.93. The van der Waals surface area contributed by atoms with Crippen LogP contribution in [-0.2, 0) is 9.53 Å². The maximum absolute atomic E-state index is 11.9. The molecular weight excluding hydrogens is 298 g/mol. The lowest BCUT2D eigenvalue weighted by Crippen LogP contribution is -2.27. The van der Waals surface area contributed by atoms with Gasteiger partial charge in [-0.15, -0.1) is 0 Å². The van der Waals surface area contributed by atoms with Gasteiger partial charge in [-0.25, -0.2) is 0 Å². The number of carbonyl (C=O) groups is 1. The summed E-state index contributed by atoms with van der Waals surface area (Å²) in [6.45, 7) is 0.379. The Morgan fingerprint density at radius 1 is 1.32 bits per heavy atom. The molecule has 1 unspecified atom stereocenters. The van der Waals surface area contributed by atoms with Gasteiger partial charge in [0.2, 0.25) is 5.91 Å². The van der Waals surface area contributed by atoms with Gasteiger partial charge in [-0.05, 0) is 34.5 Å². The van der Waals surface area contributed by atoms with E-state index in [-0.39, 0.29) is 12.0 Å². The van der Waals surface area contributed by atoms with Crippen molar-refractivity contribution in [1.29, 1.82) is 0 Å². The first-order valence-corrected chi connectivity index (χ1v) is 7.82. The Kier molecular flexibility index (Phi) is 6.18. The Morgan fingerprint density at radius 3 is 2.82 bits per heavy atom. The zero-order valence-electron chi connectivity index (χ0n) is 12.6. The number of nitrogens with one attached hydrogen (secondary N) is 1. The Morgan fingerprint density at radius 2 is 2.14 bits per heavy atom. The number of hydrogen-bond donors (Lipinski definition) is 1. The Labute approximate surface area is 134 Å². The summed E-state index contributed by atoms with van der Waals surface area (Å²) < 4.78 is 10.8. The van der Waals surface area contributed by atoms with Crippen molar-refractivity contribution in [2.45, 2.75) is 6.10 Å². The molecule has 0 aliphatic heterocycles. The van der Waals surface area contributed by atoms with Gasteiger partial charge in [0.25, 0.3) is 0 Å². The van der Waals surface area contributed by atoms with Crippen LogP contribution in [0.4, 0.5) is 0 Å². The first-order valence-electron chi connectivity index (χ1n) is 6.88. The van der Waals surface area contributed by atoms with Crippen molar-refractivity contribution < 1.29 is 14.3 Å². The lowest BCUT2D eigenvalue weighted by molar-refractivity contribution is -0.117. The first kappa shape index (κ1) is 16.3. The van der Waals surface area contributed by atoms with E-state index in [9.17, 15) is 4.79 Å². The molecule has 0 aliphatic rings. The molecule has 1 atom stereocenters. The molecule has 0 spiro atoms. The Bertz CT molecular complexity index is 623. The van der Waals surface area contributed by atoms with Crippen molar-refractivity contribution in [2.75, 3.05) is 20.8 Å². The zero-order valence-corrected chi connectivity index (χ0v) is 13.4. The fourth-order valence-corrected chi connectivity index (χ4v) is 2.68. The third kappa shape index (κ3) is 4.44. The second-order valence-electron chi connectivity index (χ2n) is 4.60. The normalized spacial score (nSPS) is 12.3. The second kappa shape index (κ2) is 8.36. The molecule has 1 aromatic carbocycles. The molecule has 1 N–H and O–H groups in total. The minimum Gasteiger partial charge on any atom is -0.496 e. The van der Waals surface area contributed by atoms with Crippen LogP contribution in [0.15, 0.2) is 47.2 Å². The zero-order chi connectivity index (χ0) is 15.8. The van der Waals surface area contributed by atoms with Crippen LogP contribution in [0.3, 0.4) is 0 Å². The fraction of sp³-hybridized carbons (Fsp3) is 0.235. The number of ether oxygens (including phenoxy) is 2. The smallest absolute Gasteiger partial charge is 0.244 e. The molecule has 0 saturated carbocycles. The van der Waals surface area contributed by atoms with E-state index in [2.05, 4.69) is 5.32 Å². The van der Waals surface area contributed by atoms with E-state index in [0.29, 0.717) is 6.54 Å². The van der Waals surface area contributed by atoms with Crippen molar-refractivity contribution in [3.63, 3.8) is 0 Å². The molecule has 0 saturated heterocycles. The van der Waals surface area contributed by atoms with E-state index in [1.54, 1.807) is 31.6 Å². The molecule has 22 heavy (non-hydrogen) atoms. The van der Waals surface area contributed by atoms with Crippen LogP contribution in [-0.4, -0.2) is 26.7 Å². The van der Waals surface area contributed by atoms with Crippen molar-refractivity contribution in [1.82, 2.24) is 5.32 Å². The number of carbonyl (C=O) groups excluding carboxylic acids is 1. The highest BCUT2D eigenvalue weighted by molar-refractivity contribution is 7.08. The van der Waals surface area contributed by atoms with Gasteiger partial charge in [0, 0.05) is 25.3 Å². The molecule has 1 heterocycles. The number of thiophene rings is 1. The Balaban J connectivity index is 1.94. The van der Waals surface area contributed by atoms with Gasteiger partial charge in [-0.1, -0.05) is 18.2 Å². The van der Waals surface area contributed by atoms with Crippen molar-refractivity contribution in [2.24, 2.45) is 0 Å². The van der Waals surface area contributed by atoms with Gasteiger partial charge < -0.3 is 14.8 Å².